The summed E-state index contributed by atoms with van der Waals surface area (Å²) >= 11 is 0. The van der Waals surface area contributed by atoms with Gasteiger partial charge in [0, 0.05) is 0 Å². The number of carbonyl (C=O) groups excluding carboxylic acids is 1. The van der Waals surface area contributed by atoms with Crippen LogP contribution in [0, 0.1) is 0 Å². The number of rotatable bonds is 7. The van der Waals surface area contributed by atoms with Gasteiger partial charge in [0.05, 0.1) is 17.5 Å². The van der Waals surface area contributed by atoms with Gasteiger partial charge < -0.3 is 10.1 Å². The lowest BCUT2D eigenvalue weighted by molar-refractivity contribution is -0.133. The van der Waals surface area contributed by atoms with Crippen LogP contribution in [0.1, 0.15) is 31.0 Å². The summed E-state index contributed by atoms with van der Waals surface area (Å²) in [7, 11) is -3.72. The molecule has 7 heteroatoms. The van der Waals surface area contributed by atoms with E-state index in [4.69, 9.17) is 9.88 Å². The molecule has 3 N–H and O–H groups in total. The lowest BCUT2D eigenvalue weighted by atomic mass is 10.1. The minimum atomic E-state index is -3.72. The molecule has 0 saturated carbocycles. The Kier molecular flexibility index (Phi) is 6.30. The maximum atomic E-state index is 12.2. The Balaban J connectivity index is 1.90. The van der Waals surface area contributed by atoms with Gasteiger partial charge in [-0.15, -0.1) is 0 Å². The average molecular weight is 362 g/mol. The zero-order valence-corrected chi connectivity index (χ0v) is 15.0. The van der Waals surface area contributed by atoms with E-state index in [9.17, 15) is 13.2 Å². The van der Waals surface area contributed by atoms with Crippen LogP contribution in [0.25, 0.3) is 0 Å². The molecule has 2 aromatic rings. The van der Waals surface area contributed by atoms with Gasteiger partial charge in [-0.3, -0.25) is 4.79 Å². The summed E-state index contributed by atoms with van der Waals surface area (Å²) < 4.78 is 28.1. The molecule has 1 amide bonds. The van der Waals surface area contributed by atoms with Crippen LogP contribution in [0.4, 0.5) is 0 Å². The molecule has 0 aliphatic heterocycles. The molecule has 25 heavy (non-hydrogen) atoms. The van der Waals surface area contributed by atoms with Crippen molar-refractivity contribution in [2.24, 2.45) is 5.14 Å². The van der Waals surface area contributed by atoms with Crippen LogP contribution in [0.3, 0.4) is 0 Å². The third-order valence-corrected chi connectivity index (χ3v) is 4.71. The van der Waals surface area contributed by atoms with Crippen molar-refractivity contribution in [3.8, 4) is 0 Å². The Labute approximate surface area is 148 Å². The number of carbonyl (C=O) groups is 1. The monoisotopic (exact) mass is 362 g/mol. The highest BCUT2D eigenvalue weighted by Crippen LogP contribution is 2.16. The molecular weight excluding hydrogens is 340 g/mol. The molecule has 6 nitrogen and oxygen atoms in total. The second kappa shape index (κ2) is 8.24. The highest BCUT2D eigenvalue weighted by molar-refractivity contribution is 7.89. The van der Waals surface area contributed by atoms with Crippen LogP contribution in [-0.2, 0) is 26.2 Å². The van der Waals surface area contributed by atoms with Gasteiger partial charge in [-0.2, -0.15) is 0 Å². The molecule has 2 rings (SSSR count). The first-order valence-electron chi connectivity index (χ1n) is 7.86. The first-order chi connectivity index (χ1) is 11.8. The maximum absolute atomic E-state index is 12.2. The van der Waals surface area contributed by atoms with Crippen LogP contribution in [0.5, 0.6) is 0 Å². The lowest BCUT2D eigenvalue weighted by Gasteiger charge is -2.18. The predicted molar refractivity (Wildman–Crippen MR) is 95.1 cm³/mol. The Morgan fingerprint density at radius 2 is 1.68 bits per heavy atom. The number of benzene rings is 2. The van der Waals surface area contributed by atoms with E-state index in [1.54, 1.807) is 19.1 Å². The van der Waals surface area contributed by atoms with Crippen molar-refractivity contribution < 1.29 is 17.9 Å². The normalized spacial score (nSPS) is 13.9. The number of ether oxygens (including phenoxy) is 1. The van der Waals surface area contributed by atoms with Crippen LogP contribution in [0.15, 0.2) is 59.5 Å². The molecule has 0 radical (unpaired) electrons. The second-order valence-corrected chi connectivity index (χ2v) is 7.34. The van der Waals surface area contributed by atoms with Gasteiger partial charge in [0.15, 0.2) is 0 Å². The van der Waals surface area contributed by atoms with E-state index in [1.807, 2.05) is 37.3 Å². The zero-order valence-electron chi connectivity index (χ0n) is 14.2. The molecule has 0 spiro atoms. The van der Waals surface area contributed by atoms with Gasteiger partial charge in [0.2, 0.25) is 15.9 Å². The SMILES string of the molecule is CC(OCc1ccccc1)C(=O)NC(C)c1ccc(S(N)(=O)=O)cc1. The van der Waals surface area contributed by atoms with E-state index >= 15 is 0 Å². The van der Waals surface area contributed by atoms with Crippen LogP contribution >= 0.6 is 0 Å². The molecule has 0 bridgehead atoms. The van der Waals surface area contributed by atoms with E-state index in [2.05, 4.69) is 5.32 Å². The summed E-state index contributed by atoms with van der Waals surface area (Å²) in [5.74, 6) is -0.237. The average Bonchev–Trinajstić information content (AvgIpc) is 2.59. The van der Waals surface area contributed by atoms with Crippen molar-refractivity contribution in [3.63, 3.8) is 0 Å². The standard InChI is InChI=1S/C18H22N2O4S/c1-13(16-8-10-17(11-9-16)25(19,22)23)20-18(21)14(2)24-12-15-6-4-3-5-7-15/h3-11,13-14H,12H2,1-2H3,(H,20,21)(H2,19,22,23). The molecule has 2 unspecified atom stereocenters. The number of sulfonamides is 1. The molecule has 0 fully saturated rings. The minimum absolute atomic E-state index is 0.0364. The highest BCUT2D eigenvalue weighted by Gasteiger charge is 2.17. The van der Waals surface area contributed by atoms with Crippen LogP contribution in [-0.4, -0.2) is 20.4 Å². The van der Waals surface area contributed by atoms with Gasteiger partial charge in [0.1, 0.15) is 6.10 Å². The fraction of sp³-hybridized carbons (Fsp3) is 0.278. The number of hydrogen-bond acceptors (Lipinski definition) is 4. The van der Waals surface area contributed by atoms with Crippen LogP contribution in [0.2, 0.25) is 0 Å². The molecule has 0 saturated heterocycles. The molecule has 0 aromatic heterocycles. The number of primary sulfonamides is 1. The van der Waals surface area contributed by atoms with Crippen molar-refractivity contribution in [2.45, 2.75) is 37.5 Å². The Bertz CT molecular complexity index is 805. The first-order valence-corrected chi connectivity index (χ1v) is 9.40. The fourth-order valence-corrected chi connectivity index (χ4v) is 2.75. The summed E-state index contributed by atoms with van der Waals surface area (Å²) in [6.07, 6.45) is -0.605. The van der Waals surface area contributed by atoms with Gasteiger partial charge in [-0.25, -0.2) is 13.6 Å². The topological polar surface area (TPSA) is 98.5 Å². The maximum Gasteiger partial charge on any atom is 0.249 e. The van der Waals surface area contributed by atoms with E-state index in [0.29, 0.717) is 6.61 Å². The predicted octanol–water partition coefficient (Wildman–Crippen LogP) is 2.12. The van der Waals surface area contributed by atoms with E-state index in [-0.39, 0.29) is 16.8 Å². The van der Waals surface area contributed by atoms with E-state index in [0.717, 1.165) is 11.1 Å². The largest absolute Gasteiger partial charge is 0.364 e. The third-order valence-electron chi connectivity index (χ3n) is 3.78. The Morgan fingerprint density at radius 3 is 2.24 bits per heavy atom. The number of hydrogen-bond donors (Lipinski definition) is 2. The molecule has 0 aliphatic rings. The molecule has 134 valence electrons. The van der Waals surface area contributed by atoms with Gasteiger partial charge >= 0.3 is 0 Å². The summed E-state index contributed by atoms with van der Waals surface area (Å²) in [4.78, 5) is 12.3. The zero-order chi connectivity index (χ0) is 18.4. The number of nitrogens with two attached hydrogens (primary N) is 1. The van der Waals surface area contributed by atoms with Crippen molar-refractivity contribution >= 4 is 15.9 Å². The molecule has 2 aromatic carbocycles. The first kappa shape index (κ1) is 19.1. The highest BCUT2D eigenvalue weighted by atomic mass is 32.2. The van der Waals surface area contributed by atoms with E-state index in [1.165, 1.54) is 12.1 Å². The van der Waals surface area contributed by atoms with Crippen molar-refractivity contribution in [3.05, 3.63) is 65.7 Å². The van der Waals surface area contributed by atoms with E-state index < -0.39 is 16.1 Å². The van der Waals surface area contributed by atoms with Gasteiger partial charge in [-0.05, 0) is 37.1 Å². The summed E-state index contributed by atoms with van der Waals surface area (Å²) in [6, 6.07) is 15.4. The minimum Gasteiger partial charge on any atom is -0.364 e. The Morgan fingerprint density at radius 1 is 1.08 bits per heavy atom. The third kappa shape index (κ3) is 5.67. The van der Waals surface area contributed by atoms with Crippen molar-refractivity contribution in [1.82, 2.24) is 5.32 Å². The Hall–Kier alpha value is -2.22. The molecule has 0 heterocycles. The van der Waals surface area contributed by atoms with Crippen molar-refractivity contribution in [1.29, 1.82) is 0 Å². The number of nitrogens with one attached hydrogen (secondary N) is 1. The van der Waals surface area contributed by atoms with Crippen LogP contribution < -0.4 is 10.5 Å². The quantitative estimate of drug-likeness (QED) is 0.788. The summed E-state index contributed by atoms with van der Waals surface area (Å²) in [5.41, 5.74) is 1.77. The summed E-state index contributed by atoms with van der Waals surface area (Å²) in [6.45, 7) is 3.86. The fourth-order valence-electron chi connectivity index (χ4n) is 2.23. The van der Waals surface area contributed by atoms with Crippen molar-refractivity contribution in [2.75, 3.05) is 0 Å². The van der Waals surface area contributed by atoms with Gasteiger partial charge in [-0.1, -0.05) is 42.5 Å². The molecular formula is C18H22N2O4S. The summed E-state index contributed by atoms with van der Waals surface area (Å²) in [5, 5.41) is 7.92. The molecule has 0 aliphatic carbocycles. The molecule has 2 atom stereocenters. The van der Waals surface area contributed by atoms with Gasteiger partial charge in [0.25, 0.3) is 0 Å². The second-order valence-electron chi connectivity index (χ2n) is 5.78. The lowest BCUT2D eigenvalue weighted by Crippen LogP contribution is -2.36. The number of amides is 1. The smallest absolute Gasteiger partial charge is 0.249 e.